The first-order valence-corrected chi connectivity index (χ1v) is 12.2. The molecule has 5 N–H and O–H groups in total. The Morgan fingerprint density at radius 3 is 2.88 bits per heavy atom. The number of thiophene rings is 1. The van der Waals surface area contributed by atoms with Crippen molar-refractivity contribution in [1.29, 1.82) is 0 Å². The molecule has 1 aliphatic heterocycles. The van der Waals surface area contributed by atoms with Crippen LogP contribution in [0.5, 0.6) is 0 Å². The Morgan fingerprint density at radius 1 is 1.30 bits per heavy atom. The number of carbonyl (C=O) groups is 1. The third-order valence-electron chi connectivity index (χ3n) is 6.83. The number of alkyl halides is 1. The number of halogens is 1. The summed E-state index contributed by atoms with van der Waals surface area (Å²) in [7, 11) is 0. The summed E-state index contributed by atoms with van der Waals surface area (Å²) in [5.74, 6) is 0.583. The number of hydrogen-bond acceptors (Lipinski definition) is 7. The number of carbonyl (C=O) groups excluding carboxylic acids is 1. The highest BCUT2D eigenvalue weighted by molar-refractivity contribution is 7.21. The Bertz CT molecular complexity index is 1230. The van der Waals surface area contributed by atoms with Gasteiger partial charge in [0, 0.05) is 47.9 Å². The number of nitrogen functional groups attached to an aromatic ring is 1. The van der Waals surface area contributed by atoms with Gasteiger partial charge < -0.3 is 21.7 Å². The van der Waals surface area contributed by atoms with Gasteiger partial charge in [-0.15, -0.1) is 11.3 Å². The van der Waals surface area contributed by atoms with Crippen LogP contribution in [0.25, 0.3) is 10.2 Å². The smallest absolute Gasteiger partial charge is 0.263 e. The summed E-state index contributed by atoms with van der Waals surface area (Å²) in [6.07, 6.45) is 2.31. The molecule has 1 aliphatic carbocycles. The molecule has 33 heavy (non-hydrogen) atoms. The van der Waals surface area contributed by atoms with E-state index in [1.165, 1.54) is 11.3 Å². The number of nitrogens with zero attached hydrogens (tertiary/aromatic N) is 3. The van der Waals surface area contributed by atoms with Gasteiger partial charge in [0.1, 0.15) is 15.5 Å². The Hall–Kier alpha value is -2.78. The first-order chi connectivity index (χ1) is 15.8. The van der Waals surface area contributed by atoms with Crippen molar-refractivity contribution in [2.24, 2.45) is 11.7 Å². The summed E-state index contributed by atoms with van der Waals surface area (Å²) in [5, 5.41) is 4.04. The summed E-state index contributed by atoms with van der Waals surface area (Å²) in [4.78, 5) is 25.9. The first-order valence-electron chi connectivity index (χ1n) is 11.4. The van der Waals surface area contributed by atoms with Crippen LogP contribution in [0.4, 0.5) is 15.9 Å². The maximum absolute atomic E-state index is 13.1. The van der Waals surface area contributed by atoms with E-state index in [0.717, 1.165) is 57.8 Å². The van der Waals surface area contributed by atoms with Crippen molar-refractivity contribution in [3.8, 4) is 0 Å². The Morgan fingerprint density at radius 2 is 2.12 bits per heavy atom. The fraction of sp³-hybridized carbons (Fsp3) is 0.458. The normalized spacial score (nSPS) is 22.5. The lowest BCUT2D eigenvalue weighted by Gasteiger charge is -2.26. The number of amides is 1. The van der Waals surface area contributed by atoms with Crippen LogP contribution in [0, 0.1) is 19.8 Å². The largest absolute Gasteiger partial charge is 0.397 e. The van der Waals surface area contributed by atoms with Crippen molar-refractivity contribution < 1.29 is 9.18 Å². The van der Waals surface area contributed by atoms with Crippen molar-refractivity contribution in [2.45, 2.75) is 45.2 Å². The van der Waals surface area contributed by atoms with Crippen molar-refractivity contribution in [3.63, 3.8) is 0 Å². The van der Waals surface area contributed by atoms with Gasteiger partial charge >= 0.3 is 0 Å². The van der Waals surface area contributed by atoms with E-state index in [-0.39, 0.29) is 23.9 Å². The molecule has 2 aliphatic rings. The van der Waals surface area contributed by atoms with Crippen LogP contribution in [-0.2, 0) is 12.8 Å². The maximum Gasteiger partial charge on any atom is 0.263 e. The predicted octanol–water partition coefficient (Wildman–Crippen LogP) is 2.91. The Kier molecular flexibility index (Phi) is 5.70. The minimum Gasteiger partial charge on any atom is -0.397 e. The van der Waals surface area contributed by atoms with Crippen molar-refractivity contribution in [2.75, 3.05) is 30.4 Å². The second-order valence-electron chi connectivity index (χ2n) is 9.28. The molecule has 0 spiro atoms. The molecule has 0 saturated carbocycles. The molecule has 3 unspecified atom stereocenters. The molecule has 174 valence electrons. The van der Waals surface area contributed by atoms with Crippen molar-refractivity contribution in [3.05, 3.63) is 45.6 Å². The molecule has 0 bridgehead atoms. The van der Waals surface area contributed by atoms with Crippen LogP contribution < -0.4 is 21.7 Å². The second kappa shape index (κ2) is 8.53. The van der Waals surface area contributed by atoms with E-state index in [0.29, 0.717) is 23.7 Å². The SMILES string of the molecule is Cc1cc(C)c2c(N)c(C(=O)NC3CCc4nc(N5CC(N)C(CF)C5)ccc4C3)sc2n1. The number of anilines is 2. The van der Waals surface area contributed by atoms with Crippen molar-refractivity contribution in [1.82, 2.24) is 15.3 Å². The highest BCUT2D eigenvalue weighted by atomic mass is 32.1. The van der Waals surface area contributed by atoms with E-state index < -0.39 is 6.67 Å². The molecule has 3 aromatic heterocycles. The number of nitrogens with one attached hydrogen (secondary N) is 1. The topological polar surface area (TPSA) is 110 Å². The monoisotopic (exact) mass is 468 g/mol. The summed E-state index contributed by atoms with van der Waals surface area (Å²) < 4.78 is 13.1. The molecule has 1 amide bonds. The van der Waals surface area contributed by atoms with Gasteiger partial charge in [-0.1, -0.05) is 6.07 Å². The molecular formula is C24H29FN6OS. The summed E-state index contributed by atoms with van der Waals surface area (Å²) in [6.45, 7) is 4.77. The Balaban J connectivity index is 1.29. The number of aryl methyl sites for hydroxylation is 3. The molecule has 4 heterocycles. The zero-order valence-electron chi connectivity index (χ0n) is 18.9. The minimum atomic E-state index is -0.399. The van der Waals surface area contributed by atoms with E-state index in [2.05, 4.69) is 21.3 Å². The third kappa shape index (κ3) is 4.04. The van der Waals surface area contributed by atoms with Crippen LogP contribution in [-0.4, -0.2) is 47.7 Å². The summed E-state index contributed by atoms with van der Waals surface area (Å²) in [5.41, 5.74) is 17.0. The van der Waals surface area contributed by atoms with E-state index in [9.17, 15) is 9.18 Å². The zero-order valence-corrected chi connectivity index (χ0v) is 19.7. The second-order valence-corrected chi connectivity index (χ2v) is 10.3. The molecule has 1 saturated heterocycles. The number of fused-ring (bicyclic) bond motifs is 2. The molecule has 1 fully saturated rings. The fourth-order valence-corrected chi connectivity index (χ4v) is 6.15. The van der Waals surface area contributed by atoms with E-state index in [1.807, 2.05) is 26.0 Å². The molecule has 0 radical (unpaired) electrons. The summed E-state index contributed by atoms with van der Waals surface area (Å²) >= 11 is 1.35. The number of hydrogen-bond donors (Lipinski definition) is 3. The van der Waals surface area contributed by atoms with Gasteiger partial charge in [0.05, 0.1) is 12.4 Å². The maximum atomic E-state index is 13.1. The molecule has 3 aromatic rings. The van der Waals surface area contributed by atoms with Gasteiger partial charge in [0.2, 0.25) is 0 Å². The lowest BCUT2D eigenvalue weighted by atomic mass is 9.91. The highest BCUT2D eigenvalue weighted by Crippen LogP contribution is 2.35. The van der Waals surface area contributed by atoms with E-state index in [1.54, 1.807) is 0 Å². The van der Waals surface area contributed by atoms with E-state index in [4.69, 9.17) is 16.5 Å². The van der Waals surface area contributed by atoms with Crippen LogP contribution in [0.3, 0.4) is 0 Å². The summed E-state index contributed by atoms with van der Waals surface area (Å²) in [6, 6.07) is 5.91. The molecular weight excluding hydrogens is 439 g/mol. The van der Waals surface area contributed by atoms with Gasteiger partial charge in [-0.3, -0.25) is 9.18 Å². The van der Waals surface area contributed by atoms with Crippen LogP contribution in [0.2, 0.25) is 0 Å². The van der Waals surface area contributed by atoms with Gasteiger partial charge in [0.25, 0.3) is 5.91 Å². The number of rotatable bonds is 4. The number of nitrogens with two attached hydrogens (primary N) is 2. The average Bonchev–Trinajstić information content (AvgIpc) is 3.32. The first kappa shape index (κ1) is 22.0. The van der Waals surface area contributed by atoms with E-state index >= 15 is 0 Å². The fourth-order valence-electron chi connectivity index (χ4n) is 5.03. The quantitative estimate of drug-likeness (QED) is 0.543. The predicted molar refractivity (Wildman–Crippen MR) is 131 cm³/mol. The molecule has 7 nitrogen and oxygen atoms in total. The molecule has 5 rings (SSSR count). The van der Waals surface area contributed by atoms with Crippen LogP contribution in [0.1, 0.15) is 38.6 Å². The van der Waals surface area contributed by atoms with Crippen LogP contribution in [0.15, 0.2) is 18.2 Å². The average molecular weight is 469 g/mol. The number of pyridine rings is 2. The van der Waals surface area contributed by atoms with Crippen LogP contribution >= 0.6 is 11.3 Å². The van der Waals surface area contributed by atoms with Gasteiger partial charge in [-0.25, -0.2) is 9.97 Å². The standard InChI is InChI=1S/C24H29FN6OS/c1-12-7-13(2)28-24-20(12)21(27)22(33-24)23(32)29-16-4-5-18-14(8-16)3-6-19(30-18)31-10-15(9-25)17(26)11-31/h3,6-7,15-17H,4-5,8-11,26-27H2,1-2H3,(H,29,32). The zero-order chi connectivity index (χ0) is 23.3. The lowest BCUT2D eigenvalue weighted by Crippen LogP contribution is -2.39. The molecule has 9 heteroatoms. The van der Waals surface area contributed by atoms with Crippen molar-refractivity contribution >= 4 is 39.0 Å². The minimum absolute atomic E-state index is 0.0224. The third-order valence-corrected chi connectivity index (χ3v) is 7.93. The molecule has 3 atom stereocenters. The molecule has 0 aromatic carbocycles. The highest BCUT2D eigenvalue weighted by Gasteiger charge is 2.32. The number of aromatic nitrogens is 2. The van der Waals surface area contributed by atoms with Gasteiger partial charge in [0.15, 0.2) is 0 Å². The lowest BCUT2D eigenvalue weighted by molar-refractivity contribution is 0.0938. The van der Waals surface area contributed by atoms with Gasteiger partial charge in [-0.2, -0.15) is 0 Å². The van der Waals surface area contributed by atoms with Gasteiger partial charge in [-0.05, 0) is 56.4 Å². The Labute approximate surface area is 196 Å².